The van der Waals surface area contributed by atoms with Crippen molar-refractivity contribution in [2.45, 2.75) is 45.1 Å². The van der Waals surface area contributed by atoms with E-state index in [0.717, 1.165) is 11.7 Å². The van der Waals surface area contributed by atoms with Crippen LogP contribution in [-0.2, 0) is 0 Å². The molecule has 1 aromatic heterocycles. The van der Waals surface area contributed by atoms with E-state index in [1.807, 2.05) is 7.05 Å². The molecule has 1 aliphatic rings. The van der Waals surface area contributed by atoms with Gasteiger partial charge in [0.05, 0.1) is 17.4 Å². The van der Waals surface area contributed by atoms with E-state index in [1.165, 1.54) is 38.3 Å². The number of anilines is 2. The molecule has 0 bridgehead atoms. The Balaban J connectivity index is 2.11. The maximum Gasteiger partial charge on any atom is 0.250 e. The number of hydrogen-bond acceptors (Lipinski definition) is 4. The summed E-state index contributed by atoms with van der Waals surface area (Å²) in [7, 11) is 2.03. The first-order valence-electron chi connectivity index (χ1n) is 7.31. The van der Waals surface area contributed by atoms with Crippen molar-refractivity contribution in [1.29, 1.82) is 0 Å². The lowest BCUT2D eigenvalue weighted by Gasteiger charge is -2.35. The Morgan fingerprint density at radius 3 is 2.60 bits per heavy atom. The summed E-state index contributed by atoms with van der Waals surface area (Å²) < 4.78 is 0. The van der Waals surface area contributed by atoms with Gasteiger partial charge in [0.25, 0.3) is 5.91 Å². The van der Waals surface area contributed by atoms with Crippen molar-refractivity contribution in [2.24, 2.45) is 11.7 Å². The number of carbonyl (C=O) groups is 1. The minimum Gasteiger partial charge on any atom is -0.397 e. The van der Waals surface area contributed by atoms with E-state index >= 15 is 0 Å². The summed E-state index contributed by atoms with van der Waals surface area (Å²) in [6, 6.07) is 2.18. The molecule has 4 N–H and O–H groups in total. The highest BCUT2D eigenvalue weighted by atomic mass is 16.1. The minimum atomic E-state index is -0.505. The molecule has 0 spiro atoms. The van der Waals surface area contributed by atoms with Crippen LogP contribution in [0.2, 0.25) is 0 Å². The third kappa shape index (κ3) is 3.03. The van der Waals surface area contributed by atoms with Crippen LogP contribution in [-0.4, -0.2) is 24.0 Å². The molecular weight excluding hydrogens is 252 g/mol. The summed E-state index contributed by atoms with van der Waals surface area (Å²) in [5.41, 5.74) is 11.7. The Labute approximate surface area is 120 Å². The fraction of sp³-hybridized carbons (Fsp3) is 0.600. The zero-order valence-corrected chi connectivity index (χ0v) is 12.3. The SMILES string of the molecule is CCC1CCC(N(C)c2cc(C(N)=O)c(N)cn2)CC1. The van der Waals surface area contributed by atoms with Crippen molar-refractivity contribution < 1.29 is 4.79 Å². The number of amides is 1. The summed E-state index contributed by atoms with van der Waals surface area (Å²) in [6.45, 7) is 2.26. The molecule has 0 saturated heterocycles. The molecule has 5 nitrogen and oxygen atoms in total. The molecule has 0 aliphatic heterocycles. The van der Waals surface area contributed by atoms with Crippen LogP contribution >= 0.6 is 0 Å². The molecule has 1 saturated carbocycles. The van der Waals surface area contributed by atoms with E-state index in [0.29, 0.717) is 17.3 Å². The Hall–Kier alpha value is -1.78. The summed E-state index contributed by atoms with van der Waals surface area (Å²) >= 11 is 0. The van der Waals surface area contributed by atoms with Crippen LogP contribution in [0.1, 0.15) is 49.4 Å². The van der Waals surface area contributed by atoms with Crippen molar-refractivity contribution in [3.63, 3.8) is 0 Å². The fourth-order valence-electron chi connectivity index (χ4n) is 2.99. The second-order valence-electron chi connectivity index (χ2n) is 5.69. The third-order valence-corrected chi connectivity index (χ3v) is 4.49. The van der Waals surface area contributed by atoms with Crippen molar-refractivity contribution in [3.05, 3.63) is 17.8 Å². The van der Waals surface area contributed by atoms with Gasteiger partial charge in [0.15, 0.2) is 0 Å². The monoisotopic (exact) mass is 276 g/mol. The van der Waals surface area contributed by atoms with Crippen molar-refractivity contribution in [1.82, 2.24) is 4.98 Å². The van der Waals surface area contributed by atoms with Crippen LogP contribution < -0.4 is 16.4 Å². The van der Waals surface area contributed by atoms with Gasteiger partial charge >= 0.3 is 0 Å². The van der Waals surface area contributed by atoms with E-state index in [1.54, 1.807) is 6.07 Å². The Morgan fingerprint density at radius 1 is 1.40 bits per heavy atom. The van der Waals surface area contributed by atoms with Gasteiger partial charge in [-0.2, -0.15) is 0 Å². The van der Waals surface area contributed by atoms with Gasteiger partial charge in [-0.05, 0) is 37.7 Å². The zero-order valence-electron chi connectivity index (χ0n) is 12.3. The Morgan fingerprint density at radius 2 is 2.05 bits per heavy atom. The number of nitrogens with zero attached hydrogens (tertiary/aromatic N) is 2. The number of hydrogen-bond donors (Lipinski definition) is 2. The van der Waals surface area contributed by atoms with E-state index in [-0.39, 0.29) is 0 Å². The molecule has 1 fully saturated rings. The molecule has 1 heterocycles. The average molecular weight is 276 g/mol. The largest absolute Gasteiger partial charge is 0.397 e. The molecule has 2 rings (SSSR count). The summed E-state index contributed by atoms with van der Waals surface area (Å²) in [5, 5.41) is 0. The van der Waals surface area contributed by atoms with Gasteiger partial charge in [0.2, 0.25) is 0 Å². The molecule has 1 amide bonds. The summed E-state index contributed by atoms with van der Waals surface area (Å²) in [5.74, 6) is 1.13. The predicted octanol–water partition coefficient (Wildman–Crippen LogP) is 2.17. The van der Waals surface area contributed by atoms with Crippen LogP contribution in [0.15, 0.2) is 12.3 Å². The van der Waals surface area contributed by atoms with Gasteiger partial charge in [0.1, 0.15) is 5.82 Å². The maximum atomic E-state index is 11.4. The topological polar surface area (TPSA) is 85.2 Å². The normalized spacial score (nSPS) is 22.5. The first kappa shape index (κ1) is 14.6. The van der Waals surface area contributed by atoms with Gasteiger partial charge in [0, 0.05) is 13.1 Å². The Bertz CT molecular complexity index is 481. The second-order valence-corrected chi connectivity index (χ2v) is 5.69. The highest BCUT2D eigenvalue weighted by Gasteiger charge is 2.24. The highest BCUT2D eigenvalue weighted by Crippen LogP contribution is 2.31. The third-order valence-electron chi connectivity index (χ3n) is 4.49. The molecule has 20 heavy (non-hydrogen) atoms. The number of nitrogen functional groups attached to an aromatic ring is 1. The van der Waals surface area contributed by atoms with Gasteiger partial charge < -0.3 is 16.4 Å². The molecule has 0 unspecified atom stereocenters. The van der Waals surface area contributed by atoms with E-state index in [9.17, 15) is 4.79 Å². The van der Waals surface area contributed by atoms with E-state index < -0.39 is 5.91 Å². The number of primary amides is 1. The lowest BCUT2D eigenvalue weighted by atomic mass is 9.84. The molecule has 0 atom stereocenters. The number of carbonyl (C=O) groups excluding carboxylic acids is 1. The maximum absolute atomic E-state index is 11.4. The van der Waals surface area contributed by atoms with Crippen LogP contribution in [0.5, 0.6) is 0 Å². The summed E-state index contributed by atoms with van der Waals surface area (Å²) in [6.07, 6.45) is 7.66. The van der Waals surface area contributed by atoms with E-state index in [2.05, 4.69) is 16.8 Å². The molecule has 0 radical (unpaired) electrons. The molecule has 1 aliphatic carbocycles. The lowest BCUT2D eigenvalue weighted by Crippen LogP contribution is -2.35. The Kier molecular flexibility index (Phi) is 4.47. The smallest absolute Gasteiger partial charge is 0.250 e. The number of rotatable bonds is 4. The number of aromatic nitrogens is 1. The van der Waals surface area contributed by atoms with E-state index in [4.69, 9.17) is 11.5 Å². The molecule has 110 valence electrons. The van der Waals surface area contributed by atoms with Crippen LogP contribution in [0, 0.1) is 5.92 Å². The first-order valence-corrected chi connectivity index (χ1v) is 7.31. The van der Waals surface area contributed by atoms with Crippen LogP contribution in [0.4, 0.5) is 11.5 Å². The highest BCUT2D eigenvalue weighted by molar-refractivity contribution is 5.98. The van der Waals surface area contributed by atoms with Gasteiger partial charge in [-0.3, -0.25) is 4.79 Å². The quantitative estimate of drug-likeness (QED) is 0.882. The van der Waals surface area contributed by atoms with Crippen molar-refractivity contribution in [3.8, 4) is 0 Å². The lowest BCUT2D eigenvalue weighted by molar-refractivity contribution is 0.100. The number of nitrogens with two attached hydrogens (primary N) is 2. The fourth-order valence-corrected chi connectivity index (χ4v) is 2.99. The molecular formula is C15H24N4O. The van der Waals surface area contributed by atoms with Gasteiger partial charge in [-0.15, -0.1) is 0 Å². The molecule has 1 aromatic rings. The molecule has 0 aromatic carbocycles. The van der Waals surface area contributed by atoms with Gasteiger partial charge in [-0.1, -0.05) is 13.3 Å². The first-order chi connectivity index (χ1) is 9.52. The predicted molar refractivity (Wildman–Crippen MR) is 81.6 cm³/mol. The second kappa shape index (κ2) is 6.11. The van der Waals surface area contributed by atoms with Crippen LogP contribution in [0.3, 0.4) is 0 Å². The minimum absolute atomic E-state index is 0.337. The standard InChI is InChI=1S/C15H24N4O/c1-3-10-4-6-11(7-5-10)19(2)14-8-12(15(17)20)13(16)9-18-14/h8-11H,3-7,16H2,1-2H3,(H2,17,20). The number of pyridine rings is 1. The van der Waals surface area contributed by atoms with Gasteiger partial charge in [-0.25, -0.2) is 4.98 Å². The zero-order chi connectivity index (χ0) is 14.7. The molecule has 5 heteroatoms. The summed E-state index contributed by atoms with van der Waals surface area (Å²) in [4.78, 5) is 17.8. The van der Waals surface area contributed by atoms with Crippen molar-refractivity contribution >= 4 is 17.4 Å². The average Bonchev–Trinajstić information content (AvgIpc) is 2.47. The van der Waals surface area contributed by atoms with Crippen LogP contribution in [0.25, 0.3) is 0 Å². The van der Waals surface area contributed by atoms with Crippen molar-refractivity contribution in [2.75, 3.05) is 17.7 Å².